The normalized spacial score (nSPS) is 14.3. The second kappa shape index (κ2) is 7.08. The number of aryl methyl sites for hydroxylation is 2. The van der Waals surface area contributed by atoms with E-state index in [0.29, 0.717) is 18.8 Å². The second-order valence-corrected chi connectivity index (χ2v) is 7.31. The molecular formula is C22H24NO4+. The molecule has 1 aliphatic heterocycles. The van der Waals surface area contributed by atoms with Gasteiger partial charge >= 0.3 is 5.63 Å². The average Bonchev–Trinajstić information content (AvgIpc) is 2.63. The van der Waals surface area contributed by atoms with E-state index in [1.165, 1.54) is 16.0 Å². The van der Waals surface area contributed by atoms with Gasteiger partial charge in [-0.05, 0) is 55.3 Å². The van der Waals surface area contributed by atoms with Crippen molar-refractivity contribution in [2.75, 3.05) is 20.3 Å². The van der Waals surface area contributed by atoms with Crippen molar-refractivity contribution in [3.05, 3.63) is 69.1 Å². The summed E-state index contributed by atoms with van der Waals surface area (Å²) in [6.45, 7) is 6.85. The standard InChI is InChI=1S/C22H23NO4/c1-14-8-18-17(11-22(24)27-20(18)9-15(14)2)13-23(3)12-16-4-5-19-21(10-16)26-7-6-25-19/h4-5,8-11H,6-7,12-13H2,1-3H3/p+1. The van der Waals surface area contributed by atoms with E-state index >= 15 is 0 Å². The minimum absolute atomic E-state index is 0.298. The molecule has 4 rings (SSSR count). The number of nitrogens with one attached hydrogen (secondary N) is 1. The quantitative estimate of drug-likeness (QED) is 0.721. The van der Waals surface area contributed by atoms with Gasteiger partial charge in [0.2, 0.25) is 0 Å². The fourth-order valence-corrected chi connectivity index (χ4v) is 3.56. The summed E-state index contributed by atoms with van der Waals surface area (Å²) in [6, 6.07) is 11.8. The Hall–Kier alpha value is -2.79. The molecule has 0 fully saturated rings. The Labute approximate surface area is 158 Å². The molecule has 27 heavy (non-hydrogen) atoms. The van der Waals surface area contributed by atoms with E-state index < -0.39 is 0 Å². The van der Waals surface area contributed by atoms with E-state index in [1.54, 1.807) is 6.07 Å². The van der Waals surface area contributed by atoms with Gasteiger partial charge in [0.1, 0.15) is 31.9 Å². The first-order chi connectivity index (χ1) is 13.0. The molecule has 2 aromatic carbocycles. The SMILES string of the molecule is Cc1cc2oc(=O)cc(C[NH+](C)Cc3ccc4c(c3)OCCO4)c2cc1C. The van der Waals surface area contributed by atoms with Gasteiger partial charge in [-0.15, -0.1) is 0 Å². The molecule has 0 bridgehead atoms. The Balaban J connectivity index is 1.58. The summed E-state index contributed by atoms with van der Waals surface area (Å²) >= 11 is 0. The summed E-state index contributed by atoms with van der Waals surface area (Å²) in [5.41, 5.74) is 4.87. The van der Waals surface area contributed by atoms with Crippen LogP contribution in [0.3, 0.4) is 0 Å². The topological polar surface area (TPSA) is 53.1 Å². The molecule has 0 amide bonds. The Morgan fingerprint density at radius 2 is 1.67 bits per heavy atom. The van der Waals surface area contributed by atoms with E-state index in [9.17, 15) is 4.79 Å². The molecule has 5 nitrogen and oxygen atoms in total. The molecular weight excluding hydrogens is 342 g/mol. The van der Waals surface area contributed by atoms with Crippen LogP contribution in [0.15, 0.2) is 45.6 Å². The van der Waals surface area contributed by atoms with E-state index in [-0.39, 0.29) is 5.63 Å². The molecule has 0 aliphatic carbocycles. The lowest BCUT2D eigenvalue weighted by Gasteiger charge is -2.20. The molecule has 1 aliphatic rings. The number of hydrogen-bond acceptors (Lipinski definition) is 4. The summed E-state index contributed by atoms with van der Waals surface area (Å²) in [5.74, 6) is 1.61. The molecule has 2 heterocycles. The highest BCUT2D eigenvalue weighted by Gasteiger charge is 2.15. The van der Waals surface area contributed by atoms with Gasteiger partial charge in [0.05, 0.1) is 7.05 Å². The van der Waals surface area contributed by atoms with Crippen LogP contribution in [-0.4, -0.2) is 20.3 Å². The zero-order valence-corrected chi connectivity index (χ0v) is 15.9. The van der Waals surface area contributed by atoms with Gasteiger partial charge in [-0.1, -0.05) is 0 Å². The van der Waals surface area contributed by atoms with Crippen LogP contribution in [0.4, 0.5) is 0 Å². The van der Waals surface area contributed by atoms with Crippen molar-refractivity contribution in [1.82, 2.24) is 0 Å². The lowest BCUT2D eigenvalue weighted by atomic mass is 10.0. The summed E-state index contributed by atoms with van der Waals surface area (Å²) < 4.78 is 16.7. The fraction of sp³-hybridized carbons (Fsp3) is 0.318. The molecule has 0 saturated heterocycles. The van der Waals surface area contributed by atoms with Gasteiger partial charge in [0.25, 0.3) is 0 Å². The van der Waals surface area contributed by atoms with Crippen molar-refractivity contribution in [2.24, 2.45) is 0 Å². The maximum atomic E-state index is 12.0. The highest BCUT2D eigenvalue weighted by molar-refractivity contribution is 5.81. The molecule has 3 aromatic rings. The first kappa shape index (κ1) is 17.6. The van der Waals surface area contributed by atoms with Gasteiger partial charge in [-0.3, -0.25) is 0 Å². The molecule has 1 N–H and O–H groups in total. The van der Waals surface area contributed by atoms with Crippen molar-refractivity contribution >= 4 is 11.0 Å². The van der Waals surface area contributed by atoms with E-state index in [0.717, 1.165) is 41.1 Å². The minimum Gasteiger partial charge on any atom is -0.486 e. The third kappa shape index (κ3) is 3.69. The van der Waals surface area contributed by atoms with Crippen LogP contribution in [-0.2, 0) is 13.1 Å². The third-order valence-electron chi connectivity index (χ3n) is 5.05. The summed E-state index contributed by atoms with van der Waals surface area (Å²) in [4.78, 5) is 13.3. The molecule has 1 unspecified atom stereocenters. The Morgan fingerprint density at radius 3 is 2.48 bits per heavy atom. The summed E-state index contributed by atoms with van der Waals surface area (Å²) in [5, 5.41) is 1.01. The van der Waals surface area contributed by atoms with Crippen LogP contribution in [0, 0.1) is 13.8 Å². The lowest BCUT2D eigenvalue weighted by Crippen LogP contribution is -3.06. The van der Waals surface area contributed by atoms with Gasteiger partial charge < -0.3 is 18.8 Å². The maximum absolute atomic E-state index is 12.0. The number of benzene rings is 2. The first-order valence-electron chi connectivity index (χ1n) is 9.23. The number of ether oxygens (including phenoxy) is 2. The van der Waals surface area contributed by atoms with Crippen LogP contribution < -0.4 is 20.0 Å². The zero-order valence-electron chi connectivity index (χ0n) is 15.9. The largest absolute Gasteiger partial charge is 0.486 e. The van der Waals surface area contributed by atoms with Crippen molar-refractivity contribution in [3.8, 4) is 11.5 Å². The molecule has 1 atom stereocenters. The lowest BCUT2D eigenvalue weighted by molar-refractivity contribution is -0.907. The molecule has 0 saturated carbocycles. The van der Waals surface area contributed by atoms with Gasteiger partial charge in [0, 0.05) is 22.6 Å². The highest BCUT2D eigenvalue weighted by atomic mass is 16.6. The highest BCUT2D eigenvalue weighted by Crippen LogP contribution is 2.30. The van der Waals surface area contributed by atoms with Crippen LogP contribution in [0.5, 0.6) is 11.5 Å². The molecule has 140 valence electrons. The maximum Gasteiger partial charge on any atom is 0.336 e. The van der Waals surface area contributed by atoms with Crippen molar-refractivity contribution < 1.29 is 18.8 Å². The summed E-state index contributed by atoms with van der Waals surface area (Å²) in [6.07, 6.45) is 0. The van der Waals surface area contributed by atoms with E-state index in [2.05, 4.69) is 26.1 Å². The zero-order chi connectivity index (χ0) is 19.0. The van der Waals surface area contributed by atoms with E-state index in [1.807, 2.05) is 25.1 Å². The Kier molecular flexibility index (Phi) is 4.62. The monoisotopic (exact) mass is 366 g/mol. The van der Waals surface area contributed by atoms with Crippen molar-refractivity contribution in [2.45, 2.75) is 26.9 Å². The minimum atomic E-state index is -0.298. The van der Waals surface area contributed by atoms with Gasteiger partial charge in [-0.25, -0.2) is 4.79 Å². The molecule has 0 radical (unpaired) electrons. The predicted molar refractivity (Wildman–Crippen MR) is 104 cm³/mol. The van der Waals surface area contributed by atoms with E-state index in [4.69, 9.17) is 13.9 Å². The number of fused-ring (bicyclic) bond motifs is 2. The number of rotatable bonds is 4. The Morgan fingerprint density at radius 1 is 0.926 bits per heavy atom. The third-order valence-corrected chi connectivity index (χ3v) is 5.05. The fourth-order valence-electron chi connectivity index (χ4n) is 3.56. The first-order valence-corrected chi connectivity index (χ1v) is 9.23. The summed E-state index contributed by atoms with van der Waals surface area (Å²) in [7, 11) is 2.12. The van der Waals surface area contributed by atoms with Gasteiger partial charge in [0.15, 0.2) is 11.5 Å². The van der Waals surface area contributed by atoms with Crippen LogP contribution in [0.25, 0.3) is 11.0 Å². The van der Waals surface area contributed by atoms with Crippen molar-refractivity contribution in [3.63, 3.8) is 0 Å². The van der Waals surface area contributed by atoms with Crippen LogP contribution in [0.2, 0.25) is 0 Å². The smallest absolute Gasteiger partial charge is 0.336 e. The molecule has 1 aromatic heterocycles. The Bertz CT molecular complexity index is 1050. The van der Waals surface area contributed by atoms with Gasteiger partial charge in [-0.2, -0.15) is 0 Å². The molecule has 0 spiro atoms. The van der Waals surface area contributed by atoms with Crippen LogP contribution in [0.1, 0.15) is 22.3 Å². The molecule has 5 heteroatoms. The second-order valence-electron chi connectivity index (χ2n) is 7.31. The van der Waals surface area contributed by atoms with Crippen molar-refractivity contribution in [1.29, 1.82) is 0 Å². The predicted octanol–water partition coefficient (Wildman–Crippen LogP) is 2.40. The average molecular weight is 366 g/mol. The van der Waals surface area contributed by atoms with Crippen LogP contribution >= 0.6 is 0 Å². The number of hydrogen-bond donors (Lipinski definition) is 1. The number of quaternary nitrogens is 1.